The van der Waals surface area contributed by atoms with Crippen LogP contribution in [0, 0.1) is 5.82 Å². The number of nitrogen functional groups attached to an aromatic ring is 1. The van der Waals surface area contributed by atoms with Crippen molar-refractivity contribution >= 4 is 46.0 Å². The number of halogens is 5. The molecule has 0 saturated heterocycles. The van der Waals surface area contributed by atoms with E-state index in [1.165, 1.54) is 0 Å². The first-order valence-electron chi connectivity index (χ1n) is 12.0. The fraction of sp³-hybridized carbons (Fsp3) is 0.480. The summed E-state index contributed by atoms with van der Waals surface area (Å²) >= 11 is 6.92. The number of rotatable bonds is 4. The van der Waals surface area contributed by atoms with Gasteiger partial charge in [-0.1, -0.05) is 16.8 Å². The molecule has 0 radical (unpaired) electrons. The SMILES string of the molecule is Nc1cc(C2(C(F)(F)F)CC(c3sc(C(=O)NC4CCC(=O)CC4)c4c3CCCC4)=NO2)cc(Cl)c1F. The number of hydrogen-bond donors (Lipinski definition) is 2. The van der Waals surface area contributed by atoms with Crippen LogP contribution in [0.1, 0.15) is 76.2 Å². The molecule has 2 heterocycles. The topological polar surface area (TPSA) is 93.8 Å². The molecule has 3 aliphatic rings. The highest BCUT2D eigenvalue weighted by Gasteiger charge is 2.63. The molecule has 2 aromatic rings. The molecule has 0 bridgehead atoms. The number of nitrogens with one attached hydrogen (secondary N) is 1. The molecule has 6 nitrogen and oxygen atoms in total. The molecule has 0 spiro atoms. The van der Waals surface area contributed by atoms with Crippen LogP contribution in [-0.2, 0) is 28.1 Å². The Kier molecular flexibility index (Phi) is 6.72. The molecule has 1 aromatic carbocycles. The van der Waals surface area contributed by atoms with E-state index < -0.39 is 40.3 Å². The molecule has 3 N–H and O–H groups in total. The van der Waals surface area contributed by atoms with Gasteiger partial charge in [0.1, 0.15) is 11.5 Å². The summed E-state index contributed by atoms with van der Waals surface area (Å²) in [6.45, 7) is 0. The molecule has 5 rings (SSSR count). The number of amides is 1. The number of alkyl halides is 3. The largest absolute Gasteiger partial charge is 0.435 e. The summed E-state index contributed by atoms with van der Waals surface area (Å²) in [6, 6.07) is 1.61. The third-order valence-electron chi connectivity index (χ3n) is 7.28. The van der Waals surface area contributed by atoms with Crippen LogP contribution >= 0.6 is 22.9 Å². The molecule has 1 fully saturated rings. The maximum Gasteiger partial charge on any atom is 0.435 e. The highest BCUT2D eigenvalue weighted by atomic mass is 35.5. The Labute approximate surface area is 219 Å². The number of nitrogens with two attached hydrogens (primary N) is 1. The van der Waals surface area contributed by atoms with E-state index in [1.54, 1.807) is 0 Å². The lowest BCUT2D eigenvalue weighted by Crippen LogP contribution is -2.42. The molecule has 37 heavy (non-hydrogen) atoms. The van der Waals surface area contributed by atoms with Gasteiger partial charge >= 0.3 is 6.18 Å². The Morgan fingerprint density at radius 2 is 1.84 bits per heavy atom. The third kappa shape index (κ3) is 4.60. The quantitative estimate of drug-likeness (QED) is 0.366. The fourth-order valence-electron chi connectivity index (χ4n) is 5.25. The van der Waals surface area contributed by atoms with Crippen LogP contribution in [0.15, 0.2) is 17.3 Å². The van der Waals surface area contributed by atoms with Crippen molar-refractivity contribution in [3.63, 3.8) is 0 Å². The maximum absolute atomic E-state index is 14.5. The highest BCUT2D eigenvalue weighted by molar-refractivity contribution is 7.16. The van der Waals surface area contributed by atoms with Gasteiger partial charge in [-0.15, -0.1) is 11.3 Å². The van der Waals surface area contributed by atoms with Crippen LogP contribution in [0.2, 0.25) is 5.02 Å². The molecule has 1 aliphatic heterocycles. The number of hydrogen-bond acceptors (Lipinski definition) is 6. The summed E-state index contributed by atoms with van der Waals surface area (Å²) in [5.74, 6) is -1.11. The monoisotopic (exact) mass is 557 g/mol. The number of carbonyl (C=O) groups is 2. The van der Waals surface area contributed by atoms with Gasteiger partial charge in [0, 0.05) is 24.4 Å². The number of Topliss-reactive ketones (excluding diaryl/α,β-unsaturated/α-hetero) is 1. The molecule has 1 amide bonds. The summed E-state index contributed by atoms with van der Waals surface area (Å²) in [6.07, 6.45) is -0.644. The van der Waals surface area contributed by atoms with E-state index in [4.69, 9.17) is 22.2 Å². The van der Waals surface area contributed by atoms with Crippen molar-refractivity contribution < 1.29 is 32.0 Å². The zero-order valence-corrected chi connectivity index (χ0v) is 21.2. The summed E-state index contributed by atoms with van der Waals surface area (Å²) in [5.41, 5.74) is 3.42. The van der Waals surface area contributed by atoms with Crippen molar-refractivity contribution in [3.05, 3.63) is 49.4 Å². The number of thiophene rings is 1. The van der Waals surface area contributed by atoms with Crippen molar-refractivity contribution in [2.24, 2.45) is 5.16 Å². The lowest BCUT2D eigenvalue weighted by Gasteiger charge is -2.29. The first-order chi connectivity index (χ1) is 17.5. The van der Waals surface area contributed by atoms with E-state index in [1.807, 2.05) is 0 Å². The molecule has 1 atom stereocenters. The molecule has 1 aromatic heterocycles. The van der Waals surface area contributed by atoms with E-state index in [2.05, 4.69) is 10.5 Å². The number of benzene rings is 1. The van der Waals surface area contributed by atoms with Gasteiger partial charge in [0.15, 0.2) is 5.82 Å². The van der Waals surface area contributed by atoms with Gasteiger partial charge in [-0.25, -0.2) is 4.39 Å². The van der Waals surface area contributed by atoms with Crippen LogP contribution in [0.4, 0.5) is 23.2 Å². The Bertz CT molecular complexity index is 1280. The van der Waals surface area contributed by atoms with Crippen molar-refractivity contribution in [1.29, 1.82) is 0 Å². The zero-order valence-electron chi connectivity index (χ0n) is 19.6. The van der Waals surface area contributed by atoms with Crippen LogP contribution in [0.3, 0.4) is 0 Å². The first kappa shape index (κ1) is 26.0. The lowest BCUT2D eigenvalue weighted by molar-refractivity contribution is -0.275. The maximum atomic E-state index is 14.5. The van der Waals surface area contributed by atoms with Crippen LogP contribution in [0.5, 0.6) is 0 Å². The van der Waals surface area contributed by atoms with Gasteiger partial charge in [-0.3, -0.25) is 9.59 Å². The number of oxime groups is 1. The van der Waals surface area contributed by atoms with Gasteiger partial charge in [-0.2, -0.15) is 13.2 Å². The molecule has 1 saturated carbocycles. The van der Waals surface area contributed by atoms with E-state index in [-0.39, 0.29) is 23.4 Å². The number of fused-ring (bicyclic) bond motifs is 1. The van der Waals surface area contributed by atoms with Gasteiger partial charge in [-0.05, 0) is 61.8 Å². The van der Waals surface area contributed by atoms with Gasteiger partial charge < -0.3 is 15.9 Å². The number of anilines is 1. The Hall–Kier alpha value is -2.66. The van der Waals surface area contributed by atoms with Crippen molar-refractivity contribution in [2.75, 3.05) is 5.73 Å². The minimum atomic E-state index is -4.91. The normalized spacial score (nSPS) is 22.4. The zero-order chi connectivity index (χ0) is 26.5. The standard InChI is InChI=1S/C25H24ClF4N3O3S/c26-17-9-12(10-18(31)20(17)27)24(25(28,29)30)11-19(33-36-24)21-15-3-1-2-4-16(15)22(37-21)23(35)32-13-5-7-14(34)8-6-13/h9-10,13H,1-8,11,31H2,(H,32,35). The Morgan fingerprint density at radius 3 is 2.49 bits per heavy atom. The third-order valence-corrected chi connectivity index (χ3v) is 8.87. The summed E-state index contributed by atoms with van der Waals surface area (Å²) in [5, 5.41) is 6.30. The predicted molar refractivity (Wildman–Crippen MR) is 131 cm³/mol. The number of nitrogens with zero attached hydrogens (tertiary/aromatic N) is 1. The summed E-state index contributed by atoms with van der Waals surface area (Å²) < 4.78 is 57.3. The fourth-order valence-corrected chi connectivity index (χ4v) is 6.76. The van der Waals surface area contributed by atoms with Gasteiger partial charge in [0.2, 0.25) is 0 Å². The van der Waals surface area contributed by atoms with E-state index in [0.29, 0.717) is 48.3 Å². The van der Waals surface area contributed by atoms with Gasteiger partial charge in [0.05, 0.1) is 26.9 Å². The molecule has 12 heteroatoms. The molecule has 1 unspecified atom stereocenters. The Balaban J connectivity index is 1.48. The van der Waals surface area contributed by atoms with Crippen LogP contribution in [0.25, 0.3) is 0 Å². The average molecular weight is 558 g/mol. The predicted octanol–water partition coefficient (Wildman–Crippen LogP) is 5.83. The van der Waals surface area contributed by atoms with E-state index in [9.17, 15) is 27.2 Å². The van der Waals surface area contributed by atoms with E-state index >= 15 is 0 Å². The van der Waals surface area contributed by atoms with Crippen LogP contribution < -0.4 is 11.1 Å². The summed E-state index contributed by atoms with van der Waals surface area (Å²) in [4.78, 5) is 30.8. The molecule has 2 aliphatic carbocycles. The van der Waals surface area contributed by atoms with Crippen molar-refractivity contribution in [1.82, 2.24) is 5.32 Å². The van der Waals surface area contributed by atoms with Crippen LogP contribution in [-0.4, -0.2) is 29.6 Å². The van der Waals surface area contributed by atoms with Crippen molar-refractivity contribution in [3.8, 4) is 0 Å². The second kappa shape index (κ2) is 9.58. The molecular weight excluding hydrogens is 534 g/mol. The minimum absolute atomic E-state index is 0.0711. The molecule has 198 valence electrons. The highest BCUT2D eigenvalue weighted by Crippen LogP contribution is 2.51. The van der Waals surface area contributed by atoms with Gasteiger partial charge in [0.25, 0.3) is 11.5 Å². The summed E-state index contributed by atoms with van der Waals surface area (Å²) in [7, 11) is 0. The minimum Gasteiger partial charge on any atom is -0.396 e. The second-order valence-corrected chi connectivity index (χ2v) is 11.1. The van der Waals surface area contributed by atoms with E-state index in [0.717, 1.165) is 47.4 Å². The number of carbonyl (C=O) groups excluding carboxylic acids is 2. The first-order valence-corrected chi connectivity index (χ1v) is 13.2. The second-order valence-electron chi connectivity index (χ2n) is 9.70. The average Bonchev–Trinajstić information content (AvgIpc) is 3.47. The molecular formula is C25H24ClF4N3O3S. The lowest BCUT2D eigenvalue weighted by atomic mass is 9.85. The smallest absolute Gasteiger partial charge is 0.396 e. The number of ketones is 1. The Morgan fingerprint density at radius 1 is 1.16 bits per heavy atom. The van der Waals surface area contributed by atoms with Crippen molar-refractivity contribution in [2.45, 2.75) is 75.6 Å².